The van der Waals surface area contributed by atoms with Crippen molar-refractivity contribution in [2.75, 3.05) is 0 Å². The van der Waals surface area contributed by atoms with E-state index in [0.29, 0.717) is 6.29 Å². The lowest BCUT2D eigenvalue weighted by Gasteiger charge is -2.00. The van der Waals surface area contributed by atoms with Gasteiger partial charge in [-0.2, -0.15) is 5.26 Å². The predicted octanol–water partition coefficient (Wildman–Crippen LogP) is -0.949. The van der Waals surface area contributed by atoms with E-state index in [1.807, 2.05) is 6.07 Å². The smallest absolute Gasteiger partial charge is 0.423 e. The van der Waals surface area contributed by atoms with Crippen LogP contribution in [0.15, 0.2) is 18.2 Å². The van der Waals surface area contributed by atoms with Crippen molar-refractivity contribution in [2.24, 2.45) is 0 Å². The molecule has 0 atom stereocenters. The van der Waals surface area contributed by atoms with Gasteiger partial charge in [0.1, 0.15) is 6.29 Å². The Morgan fingerprint density at radius 2 is 2.08 bits per heavy atom. The molecule has 0 unspecified atom stereocenters. The maximum Gasteiger partial charge on any atom is 0.488 e. The van der Waals surface area contributed by atoms with Gasteiger partial charge in [-0.1, -0.05) is 6.07 Å². The van der Waals surface area contributed by atoms with Gasteiger partial charge in [-0.05, 0) is 17.6 Å². The molecule has 2 N–H and O–H groups in total. The summed E-state index contributed by atoms with van der Waals surface area (Å²) in [6, 6.07) is 5.82. The maximum absolute atomic E-state index is 10.4. The summed E-state index contributed by atoms with van der Waals surface area (Å²) in [5, 5.41) is 26.1. The van der Waals surface area contributed by atoms with E-state index in [-0.39, 0.29) is 16.6 Å². The number of benzene rings is 1. The Morgan fingerprint density at radius 3 is 2.54 bits per heavy atom. The van der Waals surface area contributed by atoms with E-state index in [1.165, 1.54) is 18.2 Å². The van der Waals surface area contributed by atoms with E-state index < -0.39 is 7.12 Å². The third-order valence-electron chi connectivity index (χ3n) is 1.54. The topological polar surface area (TPSA) is 81.3 Å². The highest BCUT2D eigenvalue weighted by atomic mass is 16.4. The van der Waals surface area contributed by atoms with Gasteiger partial charge in [0.15, 0.2) is 0 Å². The number of hydrogen-bond acceptors (Lipinski definition) is 4. The maximum atomic E-state index is 10.4. The summed E-state index contributed by atoms with van der Waals surface area (Å²) in [6.07, 6.45) is 0.548. The number of aldehydes is 1. The molecule has 0 amide bonds. The highest BCUT2D eigenvalue weighted by molar-refractivity contribution is 6.58. The van der Waals surface area contributed by atoms with Gasteiger partial charge < -0.3 is 10.0 Å². The number of rotatable bonds is 2. The summed E-state index contributed by atoms with van der Waals surface area (Å²) in [6.45, 7) is 0. The van der Waals surface area contributed by atoms with E-state index in [0.717, 1.165) is 0 Å². The first-order chi connectivity index (χ1) is 6.17. The number of hydrogen-bond donors (Lipinski definition) is 2. The molecule has 0 saturated carbocycles. The minimum absolute atomic E-state index is 0.140. The predicted molar refractivity (Wildman–Crippen MR) is 46.4 cm³/mol. The van der Waals surface area contributed by atoms with E-state index in [2.05, 4.69) is 0 Å². The molecule has 0 saturated heterocycles. The van der Waals surface area contributed by atoms with Gasteiger partial charge in [-0.25, -0.2) is 0 Å². The molecule has 64 valence electrons. The number of carbonyl (C=O) groups excluding carboxylic acids is 1. The van der Waals surface area contributed by atoms with Crippen LogP contribution in [0.5, 0.6) is 0 Å². The van der Waals surface area contributed by atoms with Gasteiger partial charge in [-0.3, -0.25) is 4.79 Å². The van der Waals surface area contributed by atoms with Crippen LogP contribution in [-0.2, 0) is 0 Å². The summed E-state index contributed by atoms with van der Waals surface area (Å²) < 4.78 is 0. The van der Waals surface area contributed by atoms with Crippen molar-refractivity contribution in [2.45, 2.75) is 0 Å². The SMILES string of the molecule is N#Cc1cc(C=O)cc(B(O)O)c1. The second-order valence-electron chi connectivity index (χ2n) is 2.49. The van der Waals surface area contributed by atoms with E-state index in [9.17, 15) is 4.79 Å². The van der Waals surface area contributed by atoms with Gasteiger partial charge in [-0.15, -0.1) is 0 Å². The lowest BCUT2D eigenvalue weighted by atomic mass is 9.79. The van der Waals surface area contributed by atoms with Crippen LogP contribution in [0, 0.1) is 11.3 Å². The lowest BCUT2D eigenvalue weighted by Crippen LogP contribution is -2.30. The van der Waals surface area contributed by atoms with E-state index in [4.69, 9.17) is 15.3 Å². The summed E-state index contributed by atoms with van der Waals surface area (Å²) in [4.78, 5) is 10.4. The van der Waals surface area contributed by atoms with Crippen LogP contribution in [0.3, 0.4) is 0 Å². The monoisotopic (exact) mass is 175 g/mol. The average Bonchev–Trinajstić information content (AvgIpc) is 2.16. The van der Waals surface area contributed by atoms with Crippen molar-refractivity contribution in [3.63, 3.8) is 0 Å². The van der Waals surface area contributed by atoms with Crippen LogP contribution in [0.1, 0.15) is 15.9 Å². The first-order valence-corrected chi connectivity index (χ1v) is 3.54. The lowest BCUT2D eigenvalue weighted by molar-refractivity contribution is 0.112. The van der Waals surface area contributed by atoms with Gasteiger partial charge >= 0.3 is 7.12 Å². The van der Waals surface area contributed by atoms with Crippen molar-refractivity contribution in [3.8, 4) is 6.07 Å². The van der Waals surface area contributed by atoms with Gasteiger partial charge in [0.25, 0.3) is 0 Å². The zero-order valence-corrected chi connectivity index (χ0v) is 6.64. The Kier molecular flexibility index (Phi) is 2.80. The molecule has 0 fully saturated rings. The molecule has 0 aliphatic rings. The fourth-order valence-corrected chi connectivity index (χ4v) is 0.958. The third kappa shape index (κ3) is 2.15. The molecule has 0 aliphatic carbocycles. The van der Waals surface area contributed by atoms with Crippen LogP contribution in [0.25, 0.3) is 0 Å². The second kappa shape index (κ2) is 3.85. The normalized spacial score (nSPS) is 9.00. The molecule has 0 aromatic heterocycles. The average molecular weight is 175 g/mol. The zero-order chi connectivity index (χ0) is 9.84. The Hall–Kier alpha value is -1.64. The molecule has 1 rings (SSSR count). The van der Waals surface area contributed by atoms with E-state index >= 15 is 0 Å². The standard InChI is InChI=1S/C8H6BNO3/c10-4-6-1-7(5-11)3-8(2-6)9(12)13/h1-3,5,12-13H. The number of nitrogens with zero attached hydrogens (tertiary/aromatic N) is 1. The van der Waals surface area contributed by atoms with Crippen LogP contribution >= 0.6 is 0 Å². The Bertz CT molecular complexity index is 370. The van der Waals surface area contributed by atoms with Crippen molar-refractivity contribution in [1.82, 2.24) is 0 Å². The fourth-order valence-electron chi connectivity index (χ4n) is 0.958. The number of carbonyl (C=O) groups is 1. The minimum atomic E-state index is -1.66. The van der Waals surface area contributed by atoms with Crippen molar-refractivity contribution in [3.05, 3.63) is 29.3 Å². The van der Waals surface area contributed by atoms with Crippen LogP contribution in [-0.4, -0.2) is 23.5 Å². The van der Waals surface area contributed by atoms with Crippen molar-refractivity contribution >= 4 is 18.9 Å². The van der Waals surface area contributed by atoms with Crippen LogP contribution in [0.2, 0.25) is 0 Å². The zero-order valence-electron chi connectivity index (χ0n) is 6.64. The highest BCUT2D eigenvalue weighted by Crippen LogP contribution is 2.00. The molecular weight excluding hydrogens is 169 g/mol. The molecule has 1 aromatic carbocycles. The van der Waals surface area contributed by atoms with Gasteiger partial charge in [0, 0.05) is 5.56 Å². The first kappa shape index (κ1) is 9.45. The summed E-state index contributed by atoms with van der Waals surface area (Å²) in [7, 11) is -1.66. The van der Waals surface area contributed by atoms with Crippen molar-refractivity contribution < 1.29 is 14.8 Å². The van der Waals surface area contributed by atoms with Gasteiger partial charge in [0.2, 0.25) is 0 Å². The second-order valence-corrected chi connectivity index (χ2v) is 2.49. The van der Waals surface area contributed by atoms with Crippen LogP contribution in [0.4, 0.5) is 0 Å². The van der Waals surface area contributed by atoms with E-state index in [1.54, 1.807) is 0 Å². The first-order valence-electron chi connectivity index (χ1n) is 3.54. The summed E-state index contributed by atoms with van der Waals surface area (Å²) >= 11 is 0. The molecule has 0 bridgehead atoms. The third-order valence-corrected chi connectivity index (χ3v) is 1.54. The molecule has 0 radical (unpaired) electrons. The highest BCUT2D eigenvalue weighted by Gasteiger charge is 2.12. The molecule has 0 aliphatic heterocycles. The largest absolute Gasteiger partial charge is 0.488 e. The Balaban J connectivity index is 3.24. The Labute approximate surface area is 75.2 Å². The molecule has 0 spiro atoms. The molecule has 1 aromatic rings. The summed E-state index contributed by atoms with van der Waals surface area (Å²) in [5.41, 5.74) is 0.621. The Morgan fingerprint density at radius 1 is 1.38 bits per heavy atom. The minimum Gasteiger partial charge on any atom is -0.423 e. The molecule has 4 nitrogen and oxygen atoms in total. The number of nitriles is 1. The molecule has 5 heteroatoms. The molecular formula is C8H6BNO3. The summed E-state index contributed by atoms with van der Waals surface area (Å²) in [5.74, 6) is 0. The molecule has 0 heterocycles. The molecule has 13 heavy (non-hydrogen) atoms. The quantitative estimate of drug-likeness (QED) is 0.448. The van der Waals surface area contributed by atoms with Gasteiger partial charge in [0.05, 0.1) is 11.6 Å². The van der Waals surface area contributed by atoms with Crippen LogP contribution < -0.4 is 5.46 Å². The fraction of sp³-hybridized carbons (Fsp3) is 0. The van der Waals surface area contributed by atoms with Crippen molar-refractivity contribution in [1.29, 1.82) is 5.26 Å².